The maximum atomic E-state index is 14.0. The van der Waals surface area contributed by atoms with Crippen LogP contribution < -0.4 is 9.62 Å². The highest BCUT2D eigenvalue weighted by Gasteiger charge is 2.33. The van der Waals surface area contributed by atoms with Crippen LogP contribution in [0.15, 0.2) is 71.6 Å². The van der Waals surface area contributed by atoms with Crippen molar-refractivity contribution < 1.29 is 18.0 Å². The van der Waals surface area contributed by atoms with E-state index in [-0.39, 0.29) is 23.0 Å². The lowest BCUT2D eigenvalue weighted by molar-refractivity contribution is -0.140. The number of rotatable bonds is 12. The van der Waals surface area contributed by atoms with Crippen molar-refractivity contribution in [3.8, 4) is 0 Å². The molecule has 0 saturated carbocycles. The van der Waals surface area contributed by atoms with E-state index in [1.54, 1.807) is 43.3 Å². The third-order valence-corrected chi connectivity index (χ3v) is 9.06. The normalized spacial score (nSPS) is 12.1. The molecule has 1 N–H and O–H groups in total. The number of anilines is 1. The van der Waals surface area contributed by atoms with Gasteiger partial charge < -0.3 is 10.2 Å². The Morgan fingerprint density at radius 3 is 2.17 bits per heavy atom. The molecule has 0 fully saturated rings. The van der Waals surface area contributed by atoms with Gasteiger partial charge in [0.2, 0.25) is 11.8 Å². The lowest BCUT2D eigenvalue weighted by Crippen LogP contribution is -2.52. The minimum absolute atomic E-state index is 0.00183. The Balaban J connectivity index is 2.06. The van der Waals surface area contributed by atoms with Crippen LogP contribution in [0, 0.1) is 0 Å². The highest BCUT2D eigenvalue weighted by atomic mass is 35.5. The largest absolute Gasteiger partial charge is 0.354 e. The van der Waals surface area contributed by atoms with Crippen LogP contribution in [0.1, 0.15) is 32.3 Å². The van der Waals surface area contributed by atoms with Crippen molar-refractivity contribution in [1.29, 1.82) is 0 Å². The molecule has 3 rings (SSSR count). The number of carbonyl (C=O) groups excluding carboxylic acids is 2. The zero-order chi connectivity index (χ0) is 29.4. The van der Waals surface area contributed by atoms with E-state index in [1.165, 1.54) is 35.2 Å². The average Bonchev–Trinajstić information content (AvgIpc) is 2.92. The van der Waals surface area contributed by atoms with Gasteiger partial charge in [0.25, 0.3) is 10.0 Å². The molecule has 0 aliphatic rings. The van der Waals surface area contributed by atoms with Gasteiger partial charge in [0.1, 0.15) is 12.6 Å². The number of carbonyl (C=O) groups is 2. The quantitative estimate of drug-likeness (QED) is 0.234. The zero-order valence-corrected chi connectivity index (χ0v) is 25.8. The first-order valence-electron chi connectivity index (χ1n) is 12.5. The zero-order valence-electron chi connectivity index (χ0n) is 21.9. The second-order valence-electron chi connectivity index (χ2n) is 8.93. The minimum atomic E-state index is -4.24. The van der Waals surface area contributed by atoms with E-state index >= 15 is 0 Å². The first-order valence-corrected chi connectivity index (χ1v) is 15.5. The molecule has 0 spiro atoms. The molecular formula is C28H29Cl4N3O4S. The Labute approximate surface area is 255 Å². The molecule has 0 bridgehead atoms. The highest BCUT2D eigenvalue weighted by molar-refractivity contribution is 7.92. The number of sulfonamides is 1. The van der Waals surface area contributed by atoms with Crippen molar-refractivity contribution in [1.82, 2.24) is 10.2 Å². The summed E-state index contributed by atoms with van der Waals surface area (Å²) in [5.41, 5.74) is 0.813. The summed E-state index contributed by atoms with van der Waals surface area (Å²) in [4.78, 5) is 28.4. The monoisotopic (exact) mass is 643 g/mol. The fourth-order valence-corrected chi connectivity index (χ4v) is 6.05. The van der Waals surface area contributed by atoms with Crippen molar-refractivity contribution in [3.05, 3.63) is 92.4 Å². The van der Waals surface area contributed by atoms with E-state index in [2.05, 4.69) is 5.32 Å². The number of halogens is 4. The SMILES string of the molecule is CCCNC(=O)[C@H](CC)N(Cc1ccc(Cl)c(Cl)c1)C(=O)CN(c1cccc(Cl)c1)S(=O)(=O)c1ccc(Cl)cc1. The van der Waals surface area contributed by atoms with E-state index in [0.29, 0.717) is 45.0 Å². The summed E-state index contributed by atoms with van der Waals surface area (Å²) in [6.45, 7) is 3.54. The van der Waals surface area contributed by atoms with E-state index in [4.69, 9.17) is 46.4 Å². The summed E-state index contributed by atoms with van der Waals surface area (Å²) in [6.07, 6.45) is 1.01. The van der Waals surface area contributed by atoms with Crippen LogP contribution in [0.2, 0.25) is 20.1 Å². The summed E-state index contributed by atoms with van der Waals surface area (Å²) in [5, 5.41) is 4.13. The van der Waals surface area contributed by atoms with Crippen molar-refractivity contribution in [2.24, 2.45) is 0 Å². The van der Waals surface area contributed by atoms with Crippen molar-refractivity contribution in [3.63, 3.8) is 0 Å². The van der Waals surface area contributed by atoms with Crippen LogP contribution in [0.3, 0.4) is 0 Å². The number of hydrogen-bond donors (Lipinski definition) is 1. The standard InChI is InChI=1S/C28H29Cl4N3O4S/c1-3-14-33-28(37)26(4-2)34(17-19-8-13-24(31)25(32)15-19)27(36)18-35(22-7-5-6-21(30)16-22)40(38,39)23-11-9-20(29)10-12-23/h5-13,15-16,26H,3-4,14,17-18H2,1-2H3,(H,33,37)/t26-/m0/s1. The first-order chi connectivity index (χ1) is 19.0. The van der Waals surface area contributed by atoms with Crippen LogP contribution in [0.5, 0.6) is 0 Å². The predicted molar refractivity (Wildman–Crippen MR) is 162 cm³/mol. The van der Waals surface area contributed by atoms with Gasteiger partial charge in [-0.3, -0.25) is 13.9 Å². The molecule has 3 aromatic rings. The summed E-state index contributed by atoms with van der Waals surface area (Å²) in [5.74, 6) is -0.935. The molecule has 0 aliphatic heterocycles. The molecule has 0 heterocycles. The molecule has 12 heteroatoms. The topological polar surface area (TPSA) is 86.8 Å². The predicted octanol–water partition coefficient (Wildman–Crippen LogP) is 6.83. The van der Waals surface area contributed by atoms with E-state index in [0.717, 1.165) is 4.31 Å². The smallest absolute Gasteiger partial charge is 0.264 e. The van der Waals surface area contributed by atoms with Crippen LogP contribution in [0.4, 0.5) is 5.69 Å². The van der Waals surface area contributed by atoms with Crippen molar-refractivity contribution >= 4 is 73.9 Å². The number of nitrogens with zero attached hydrogens (tertiary/aromatic N) is 2. The van der Waals surface area contributed by atoms with E-state index < -0.39 is 28.5 Å². The molecule has 214 valence electrons. The Bertz CT molecular complexity index is 1450. The number of hydrogen-bond acceptors (Lipinski definition) is 4. The van der Waals surface area contributed by atoms with E-state index in [9.17, 15) is 18.0 Å². The Morgan fingerprint density at radius 2 is 1.57 bits per heavy atom. The third-order valence-electron chi connectivity index (χ3n) is 6.05. The van der Waals surface area contributed by atoms with Gasteiger partial charge in [-0.25, -0.2) is 8.42 Å². The molecule has 40 heavy (non-hydrogen) atoms. The summed E-state index contributed by atoms with van der Waals surface area (Å²) in [6, 6.07) is 15.9. The van der Waals surface area contributed by atoms with Gasteiger partial charge in [-0.05, 0) is 73.0 Å². The molecule has 0 radical (unpaired) electrons. The number of nitrogens with one attached hydrogen (secondary N) is 1. The molecule has 0 aliphatic carbocycles. The molecule has 0 unspecified atom stereocenters. The molecule has 0 aromatic heterocycles. The van der Waals surface area contributed by atoms with Gasteiger partial charge in [0.15, 0.2) is 0 Å². The fraction of sp³-hybridized carbons (Fsp3) is 0.286. The van der Waals surface area contributed by atoms with Crippen LogP contribution in [-0.4, -0.2) is 44.3 Å². The first kappa shape index (κ1) is 32.0. The average molecular weight is 645 g/mol. The third kappa shape index (κ3) is 8.04. The van der Waals surface area contributed by atoms with E-state index in [1.807, 2.05) is 6.92 Å². The van der Waals surface area contributed by atoms with Crippen LogP contribution in [0.25, 0.3) is 0 Å². The van der Waals surface area contributed by atoms with Gasteiger partial charge in [-0.2, -0.15) is 0 Å². The molecule has 2 amide bonds. The molecular weight excluding hydrogens is 616 g/mol. The maximum absolute atomic E-state index is 14.0. The summed E-state index contributed by atoms with van der Waals surface area (Å²) >= 11 is 24.5. The minimum Gasteiger partial charge on any atom is -0.354 e. The molecule has 1 atom stereocenters. The van der Waals surface area contributed by atoms with Crippen molar-refractivity contribution in [2.45, 2.75) is 44.2 Å². The molecule has 0 saturated heterocycles. The van der Waals surface area contributed by atoms with Crippen LogP contribution >= 0.6 is 46.4 Å². The number of amides is 2. The Morgan fingerprint density at radius 1 is 0.875 bits per heavy atom. The summed E-state index contributed by atoms with van der Waals surface area (Å²) in [7, 11) is -4.24. The Kier molecular flexibility index (Phi) is 11.5. The Hall–Kier alpha value is -2.49. The van der Waals surface area contributed by atoms with Gasteiger partial charge >= 0.3 is 0 Å². The lowest BCUT2D eigenvalue weighted by atomic mass is 10.1. The fourth-order valence-electron chi connectivity index (χ4n) is 4.01. The van der Waals surface area contributed by atoms with Gasteiger partial charge in [-0.15, -0.1) is 0 Å². The van der Waals surface area contributed by atoms with Gasteiger partial charge in [-0.1, -0.05) is 72.4 Å². The second kappa shape index (κ2) is 14.4. The maximum Gasteiger partial charge on any atom is 0.264 e. The molecule has 3 aromatic carbocycles. The van der Waals surface area contributed by atoms with Crippen LogP contribution in [-0.2, 0) is 26.2 Å². The van der Waals surface area contributed by atoms with Crippen molar-refractivity contribution in [2.75, 3.05) is 17.4 Å². The van der Waals surface area contributed by atoms with Gasteiger partial charge in [0, 0.05) is 23.1 Å². The second-order valence-corrected chi connectivity index (χ2v) is 12.5. The number of benzene rings is 3. The highest BCUT2D eigenvalue weighted by Crippen LogP contribution is 2.28. The lowest BCUT2D eigenvalue weighted by Gasteiger charge is -2.33. The summed E-state index contributed by atoms with van der Waals surface area (Å²) < 4.78 is 28.6. The van der Waals surface area contributed by atoms with Gasteiger partial charge in [0.05, 0.1) is 20.6 Å². The molecule has 7 nitrogen and oxygen atoms in total.